The fourth-order valence-electron chi connectivity index (χ4n) is 3.17. The molecule has 0 bridgehead atoms. The van der Waals surface area contributed by atoms with Crippen molar-refractivity contribution in [1.82, 2.24) is 0 Å². The van der Waals surface area contributed by atoms with Gasteiger partial charge in [-0.15, -0.1) is 0 Å². The van der Waals surface area contributed by atoms with Crippen LogP contribution in [0.4, 0.5) is 0 Å². The molecule has 0 saturated heterocycles. The fourth-order valence-corrected chi connectivity index (χ4v) is 5.78. The summed E-state index contributed by atoms with van der Waals surface area (Å²) in [6.07, 6.45) is 0.677. The summed E-state index contributed by atoms with van der Waals surface area (Å²) in [5.74, 6) is 1.85. The van der Waals surface area contributed by atoms with Crippen LogP contribution in [0.1, 0.15) is 16.7 Å². The van der Waals surface area contributed by atoms with Crippen LogP contribution in [-0.4, -0.2) is 24.4 Å². The van der Waals surface area contributed by atoms with Crippen LogP contribution < -0.4 is 20.1 Å². The van der Waals surface area contributed by atoms with Gasteiger partial charge in [0, 0.05) is 16.8 Å². The summed E-state index contributed by atoms with van der Waals surface area (Å²) >= 11 is 0. The maximum absolute atomic E-state index is 10.9. The van der Waals surface area contributed by atoms with Gasteiger partial charge in [-0.05, 0) is 62.7 Å². The minimum atomic E-state index is -1.11. The number of aromatic hydroxyl groups is 2. The fraction of sp³-hybridized carbons (Fsp3) is 0.217. The van der Waals surface area contributed by atoms with E-state index < -0.39 is 7.92 Å². The van der Waals surface area contributed by atoms with Crippen LogP contribution in [0, 0.1) is 13.8 Å². The molecule has 28 heavy (non-hydrogen) atoms. The predicted molar refractivity (Wildman–Crippen MR) is 115 cm³/mol. The number of rotatable bonds is 6. The van der Waals surface area contributed by atoms with E-state index >= 15 is 0 Å². The van der Waals surface area contributed by atoms with Gasteiger partial charge in [0.05, 0.1) is 14.2 Å². The summed E-state index contributed by atoms with van der Waals surface area (Å²) in [6.45, 7) is 3.71. The molecule has 3 aromatic carbocycles. The second-order valence-electron chi connectivity index (χ2n) is 6.70. The molecule has 0 aromatic heterocycles. The molecule has 0 aliphatic carbocycles. The van der Waals surface area contributed by atoms with Gasteiger partial charge < -0.3 is 19.7 Å². The number of ether oxygens (including phenoxy) is 2. The van der Waals surface area contributed by atoms with Crippen LogP contribution >= 0.6 is 7.92 Å². The molecule has 0 heterocycles. The highest BCUT2D eigenvalue weighted by molar-refractivity contribution is 7.72. The summed E-state index contributed by atoms with van der Waals surface area (Å²) in [7, 11) is 2.12. The number of hydrogen-bond donors (Lipinski definition) is 2. The highest BCUT2D eigenvalue weighted by atomic mass is 31.1. The van der Waals surface area contributed by atoms with Gasteiger partial charge in [0.15, 0.2) is 0 Å². The SMILES string of the molecule is COc1cc(C)c(O)c(P(Cc2ccccc2)c2cc(OC)cc(C)c2O)c1. The molecule has 4 nitrogen and oxygen atoms in total. The lowest BCUT2D eigenvalue weighted by Gasteiger charge is -2.23. The Balaban J connectivity index is 2.23. The first-order valence-corrected chi connectivity index (χ1v) is 10.5. The normalized spacial score (nSPS) is 10.9. The average molecular weight is 396 g/mol. The maximum Gasteiger partial charge on any atom is 0.126 e. The molecule has 0 saturated carbocycles. The van der Waals surface area contributed by atoms with Crippen molar-refractivity contribution in [3.8, 4) is 23.0 Å². The quantitative estimate of drug-likeness (QED) is 0.608. The first kappa shape index (κ1) is 20.0. The minimum Gasteiger partial charge on any atom is -0.507 e. The monoisotopic (exact) mass is 396 g/mol. The zero-order chi connectivity index (χ0) is 20.3. The predicted octanol–water partition coefficient (Wildman–Crippen LogP) is 4.36. The smallest absolute Gasteiger partial charge is 0.126 e. The topological polar surface area (TPSA) is 58.9 Å². The molecular formula is C23H25O4P. The Labute approximate surface area is 167 Å². The Kier molecular flexibility index (Phi) is 6.11. The molecule has 0 unspecified atom stereocenters. The highest BCUT2D eigenvalue weighted by Gasteiger charge is 2.24. The molecule has 5 heteroatoms. The van der Waals surface area contributed by atoms with Gasteiger partial charge in [-0.3, -0.25) is 0 Å². The lowest BCUT2D eigenvalue weighted by atomic mass is 10.2. The second-order valence-corrected chi connectivity index (χ2v) is 8.83. The maximum atomic E-state index is 10.9. The van der Waals surface area contributed by atoms with Crippen molar-refractivity contribution in [2.24, 2.45) is 0 Å². The van der Waals surface area contributed by atoms with E-state index in [-0.39, 0.29) is 11.5 Å². The molecule has 0 aliphatic heterocycles. The molecule has 0 spiro atoms. The van der Waals surface area contributed by atoms with E-state index in [1.807, 2.05) is 56.3 Å². The van der Waals surface area contributed by atoms with Gasteiger partial charge in [0.2, 0.25) is 0 Å². The summed E-state index contributed by atoms with van der Waals surface area (Å²) in [6, 6.07) is 17.4. The van der Waals surface area contributed by atoms with Crippen LogP contribution in [0.15, 0.2) is 54.6 Å². The third-order valence-electron chi connectivity index (χ3n) is 4.74. The summed E-state index contributed by atoms with van der Waals surface area (Å²) in [4.78, 5) is 0. The summed E-state index contributed by atoms with van der Waals surface area (Å²) in [5.41, 5.74) is 2.62. The van der Waals surface area contributed by atoms with Gasteiger partial charge in [0.1, 0.15) is 23.0 Å². The Hall–Kier alpha value is -2.71. The largest absolute Gasteiger partial charge is 0.507 e. The molecule has 0 amide bonds. The van der Waals surface area contributed by atoms with Gasteiger partial charge in [0.25, 0.3) is 0 Å². The number of aryl methyl sites for hydroxylation is 2. The Morgan fingerprint density at radius 3 is 1.64 bits per heavy atom. The molecule has 0 radical (unpaired) electrons. The van der Waals surface area contributed by atoms with Gasteiger partial charge >= 0.3 is 0 Å². The Morgan fingerprint density at radius 1 is 0.750 bits per heavy atom. The lowest BCUT2D eigenvalue weighted by Crippen LogP contribution is -2.16. The van der Waals surface area contributed by atoms with Crippen molar-refractivity contribution in [1.29, 1.82) is 0 Å². The highest BCUT2D eigenvalue weighted by Crippen LogP contribution is 2.46. The minimum absolute atomic E-state index is 0.239. The number of methoxy groups -OCH3 is 2. The first-order valence-electron chi connectivity index (χ1n) is 9.01. The van der Waals surface area contributed by atoms with E-state index in [2.05, 4.69) is 12.1 Å². The van der Waals surface area contributed by atoms with Crippen LogP contribution in [0.3, 0.4) is 0 Å². The Morgan fingerprint density at radius 2 is 1.21 bits per heavy atom. The molecule has 146 valence electrons. The second kappa shape index (κ2) is 8.53. The van der Waals surface area contributed by atoms with E-state index in [1.54, 1.807) is 14.2 Å². The third-order valence-corrected chi connectivity index (χ3v) is 7.27. The van der Waals surface area contributed by atoms with Crippen molar-refractivity contribution in [3.63, 3.8) is 0 Å². The van der Waals surface area contributed by atoms with Crippen LogP contribution in [0.25, 0.3) is 0 Å². The molecule has 0 fully saturated rings. The van der Waals surface area contributed by atoms with Gasteiger partial charge in [-0.1, -0.05) is 30.3 Å². The zero-order valence-electron chi connectivity index (χ0n) is 16.6. The standard InChI is InChI=1S/C23H25O4P/c1-15-10-18(26-3)12-20(22(15)24)28(14-17-8-6-5-7-9-17)21-13-19(27-4)11-16(2)23(21)25/h5-13,24-25H,14H2,1-4H3. The number of hydrogen-bond acceptors (Lipinski definition) is 4. The summed E-state index contributed by atoms with van der Waals surface area (Å²) in [5, 5.41) is 23.3. The summed E-state index contributed by atoms with van der Waals surface area (Å²) < 4.78 is 10.9. The van der Waals surface area contributed by atoms with E-state index in [1.165, 1.54) is 0 Å². The molecular weight excluding hydrogens is 371 g/mol. The molecule has 3 aromatic rings. The number of phenols is 2. The lowest BCUT2D eigenvalue weighted by molar-refractivity contribution is 0.412. The van der Waals surface area contributed by atoms with E-state index in [0.29, 0.717) is 17.7 Å². The van der Waals surface area contributed by atoms with E-state index in [4.69, 9.17) is 9.47 Å². The molecule has 2 N–H and O–H groups in total. The van der Waals surface area contributed by atoms with Crippen LogP contribution in [-0.2, 0) is 6.16 Å². The number of phenolic OH excluding ortho intramolecular Hbond substituents is 2. The van der Waals surface area contributed by atoms with Crippen molar-refractivity contribution in [2.45, 2.75) is 20.0 Å². The van der Waals surface area contributed by atoms with E-state index in [9.17, 15) is 10.2 Å². The van der Waals surface area contributed by atoms with Gasteiger partial charge in [-0.2, -0.15) is 0 Å². The van der Waals surface area contributed by atoms with Crippen LogP contribution in [0.2, 0.25) is 0 Å². The molecule has 0 aliphatic rings. The van der Waals surface area contributed by atoms with Crippen molar-refractivity contribution in [3.05, 3.63) is 71.3 Å². The molecule has 0 atom stereocenters. The first-order chi connectivity index (χ1) is 13.4. The number of benzene rings is 3. The van der Waals surface area contributed by atoms with E-state index in [0.717, 1.165) is 27.3 Å². The van der Waals surface area contributed by atoms with Crippen molar-refractivity contribution < 1.29 is 19.7 Å². The van der Waals surface area contributed by atoms with Crippen molar-refractivity contribution >= 4 is 18.5 Å². The van der Waals surface area contributed by atoms with Crippen molar-refractivity contribution in [2.75, 3.05) is 14.2 Å². The Bertz CT molecular complexity index is 911. The van der Waals surface area contributed by atoms with Gasteiger partial charge in [-0.25, -0.2) is 0 Å². The van der Waals surface area contributed by atoms with Crippen LogP contribution in [0.5, 0.6) is 23.0 Å². The molecule has 3 rings (SSSR count). The third kappa shape index (κ3) is 4.07. The zero-order valence-corrected chi connectivity index (χ0v) is 17.5. The average Bonchev–Trinajstić information content (AvgIpc) is 2.71.